The first-order chi connectivity index (χ1) is 9.13. The summed E-state index contributed by atoms with van der Waals surface area (Å²) in [7, 11) is 1.92. The molecular formula is C15H26N4. The predicted octanol–water partition coefficient (Wildman–Crippen LogP) is 3.10. The highest BCUT2D eigenvalue weighted by atomic mass is 15.2. The Bertz CT molecular complexity index is 419. The van der Waals surface area contributed by atoms with Crippen LogP contribution in [0.4, 0.5) is 11.6 Å². The average Bonchev–Trinajstić information content (AvgIpc) is 2.41. The Hall–Kier alpha value is -1.32. The smallest absolute Gasteiger partial charge is 0.134 e. The van der Waals surface area contributed by atoms with Gasteiger partial charge in [-0.2, -0.15) is 0 Å². The molecule has 0 aliphatic carbocycles. The van der Waals surface area contributed by atoms with Crippen molar-refractivity contribution in [2.24, 2.45) is 5.92 Å². The Kier molecular flexibility index (Phi) is 4.61. The van der Waals surface area contributed by atoms with Crippen LogP contribution in [0.3, 0.4) is 0 Å². The molecule has 2 heterocycles. The van der Waals surface area contributed by atoms with Gasteiger partial charge in [0.1, 0.15) is 17.5 Å². The molecule has 4 heteroatoms. The van der Waals surface area contributed by atoms with Gasteiger partial charge in [0.25, 0.3) is 0 Å². The molecule has 1 fully saturated rings. The molecule has 4 nitrogen and oxygen atoms in total. The van der Waals surface area contributed by atoms with Crippen LogP contribution >= 0.6 is 0 Å². The monoisotopic (exact) mass is 262 g/mol. The summed E-state index contributed by atoms with van der Waals surface area (Å²) in [5, 5.41) is 3.15. The van der Waals surface area contributed by atoms with Crippen LogP contribution < -0.4 is 10.2 Å². The fraction of sp³-hybridized carbons (Fsp3) is 0.733. The number of anilines is 2. The summed E-state index contributed by atoms with van der Waals surface area (Å²) in [5.74, 6) is 3.72. The molecule has 2 rings (SSSR count). The van der Waals surface area contributed by atoms with E-state index in [-0.39, 0.29) is 0 Å². The first kappa shape index (κ1) is 14.1. The zero-order valence-electron chi connectivity index (χ0n) is 12.6. The van der Waals surface area contributed by atoms with Gasteiger partial charge < -0.3 is 10.2 Å². The molecular weight excluding hydrogens is 236 g/mol. The maximum Gasteiger partial charge on any atom is 0.134 e. The van der Waals surface area contributed by atoms with Crippen molar-refractivity contribution in [3.63, 3.8) is 0 Å². The van der Waals surface area contributed by atoms with Crippen molar-refractivity contribution in [1.82, 2.24) is 9.97 Å². The number of rotatable bonds is 4. The lowest BCUT2D eigenvalue weighted by molar-refractivity contribution is 0.388. The molecule has 1 saturated heterocycles. The number of aromatic nitrogens is 2. The lowest BCUT2D eigenvalue weighted by Crippen LogP contribution is -2.41. The Balaban J connectivity index is 2.28. The van der Waals surface area contributed by atoms with E-state index < -0.39 is 0 Å². The van der Waals surface area contributed by atoms with Crippen molar-refractivity contribution >= 4 is 11.6 Å². The molecule has 1 aliphatic heterocycles. The van der Waals surface area contributed by atoms with E-state index in [4.69, 9.17) is 4.98 Å². The molecule has 1 aromatic heterocycles. The quantitative estimate of drug-likeness (QED) is 0.905. The van der Waals surface area contributed by atoms with Gasteiger partial charge in [-0.15, -0.1) is 0 Å². The van der Waals surface area contributed by atoms with Crippen molar-refractivity contribution in [3.05, 3.63) is 11.9 Å². The SMILES string of the molecule is CCCc1nc(NC)cc(N2CC(C)CCC2C)n1. The highest BCUT2D eigenvalue weighted by molar-refractivity contribution is 5.50. The van der Waals surface area contributed by atoms with Gasteiger partial charge in [0, 0.05) is 32.1 Å². The average molecular weight is 262 g/mol. The van der Waals surface area contributed by atoms with E-state index in [1.165, 1.54) is 12.8 Å². The maximum absolute atomic E-state index is 4.75. The molecule has 1 aromatic rings. The highest BCUT2D eigenvalue weighted by Crippen LogP contribution is 2.27. The molecule has 0 radical (unpaired) electrons. The zero-order chi connectivity index (χ0) is 13.8. The minimum absolute atomic E-state index is 0.574. The normalized spacial score (nSPS) is 23.5. The highest BCUT2D eigenvalue weighted by Gasteiger charge is 2.24. The Morgan fingerprint density at radius 2 is 2.11 bits per heavy atom. The van der Waals surface area contributed by atoms with E-state index in [0.717, 1.165) is 42.8 Å². The molecule has 106 valence electrons. The summed E-state index contributed by atoms with van der Waals surface area (Å²) in [5.41, 5.74) is 0. The Morgan fingerprint density at radius 3 is 2.79 bits per heavy atom. The standard InChI is InChI=1S/C15H26N4/c1-5-6-13-17-14(16-4)9-15(18-13)19-10-11(2)7-8-12(19)3/h9,11-12H,5-8,10H2,1-4H3,(H,16,17,18). The number of nitrogens with one attached hydrogen (secondary N) is 1. The third kappa shape index (κ3) is 3.37. The maximum atomic E-state index is 4.75. The third-order valence-corrected chi connectivity index (χ3v) is 3.90. The van der Waals surface area contributed by atoms with Crippen LogP contribution in [0.1, 0.15) is 45.9 Å². The van der Waals surface area contributed by atoms with Crippen LogP contribution in [0.25, 0.3) is 0 Å². The summed E-state index contributed by atoms with van der Waals surface area (Å²) in [4.78, 5) is 11.7. The molecule has 19 heavy (non-hydrogen) atoms. The molecule has 0 saturated carbocycles. The number of nitrogens with zero attached hydrogens (tertiary/aromatic N) is 3. The molecule has 2 unspecified atom stereocenters. The van der Waals surface area contributed by atoms with Crippen molar-refractivity contribution in [2.45, 2.75) is 52.5 Å². The van der Waals surface area contributed by atoms with Gasteiger partial charge in [0.05, 0.1) is 0 Å². The van der Waals surface area contributed by atoms with Gasteiger partial charge in [-0.05, 0) is 32.1 Å². The van der Waals surface area contributed by atoms with E-state index >= 15 is 0 Å². The molecule has 0 aromatic carbocycles. The molecule has 0 spiro atoms. The molecule has 1 aliphatic rings. The van der Waals surface area contributed by atoms with Crippen LogP contribution in [-0.4, -0.2) is 29.6 Å². The topological polar surface area (TPSA) is 41.1 Å². The summed E-state index contributed by atoms with van der Waals surface area (Å²) >= 11 is 0. The van der Waals surface area contributed by atoms with E-state index in [9.17, 15) is 0 Å². The van der Waals surface area contributed by atoms with Gasteiger partial charge in [0.2, 0.25) is 0 Å². The first-order valence-electron chi connectivity index (χ1n) is 7.46. The second kappa shape index (κ2) is 6.22. The number of hydrogen-bond acceptors (Lipinski definition) is 4. The van der Waals surface area contributed by atoms with Gasteiger partial charge >= 0.3 is 0 Å². The molecule has 0 bridgehead atoms. The molecule has 0 amide bonds. The Labute approximate surface area is 116 Å². The fourth-order valence-corrected chi connectivity index (χ4v) is 2.70. The lowest BCUT2D eigenvalue weighted by Gasteiger charge is -2.37. The number of hydrogen-bond donors (Lipinski definition) is 1. The van der Waals surface area contributed by atoms with Crippen LogP contribution in [0, 0.1) is 5.92 Å². The van der Waals surface area contributed by atoms with E-state index in [0.29, 0.717) is 6.04 Å². The minimum Gasteiger partial charge on any atom is -0.373 e. The number of aryl methyl sites for hydroxylation is 1. The fourth-order valence-electron chi connectivity index (χ4n) is 2.70. The third-order valence-electron chi connectivity index (χ3n) is 3.90. The first-order valence-corrected chi connectivity index (χ1v) is 7.46. The molecule has 2 atom stereocenters. The van der Waals surface area contributed by atoms with Gasteiger partial charge in [0.15, 0.2) is 0 Å². The van der Waals surface area contributed by atoms with Crippen LogP contribution in [0.15, 0.2) is 6.07 Å². The van der Waals surface area contributed by atoms with Crippen LogP contribution in [0.5, 0.6) is 0 Å². The predicted molar refractivity (Wildman–Crippen MR) is 80.8 cm³/mol. The summed E-state index contributed by atoms with van der Waals surface area (Å²) < 4.78 is 0. The van der Waals surface area contributed by atoms with E-state index in [2.05, 4.69) is 42.0 Å². The number of piperidine rings is 1. The summed E-state index contributed by atoms with van der Waals surface area (Å²) in [6, 6.07) is 2.65. The van der Waals surface area contributed by atoms with Crippen molar-refractivity contribution < 1.29 is 0 Å². The summed E-state index contributed by atoms with van der Waals surface area (Å²) in [6.07, 6.45) is 4.60. The minimum atomic E-state index is 0.574. The largest absolute Gasteiger partial charge is 0.373 e. The van der Waals surface area contributed by atoms with Crippen LogP contribution in [-0.2, 0) is 6.42 Å². The lowest BCUT2D eigenvalue weighted by atomic mass is 9.95. The summed E-state index contributed by atoms with van der Waals surface area (Å²) in [6.45, 7) is 7.89. The van der Waals surface area contributed by atoms with Crippen molar-refractivity contribution in [3.8, 4) is 0 Å². The van der Waals surface area contributed by atoms with Crippen molar-refractivity contribution in [1.29, 1.82) is 0 Å². The van der Waals surface area contributed by atoms with E-state index in [1.54, 1.807) is 0 Å². The van der Waals surface area contributed by atoms with Gasteiger partial charge in [-0.25, -0.2) is 9.97 Å². The van der Waals surface area contributed by atoms with Crippen LogP contribution in [0.2, 0.25) is 0 Å². The second-order valence-electron chi connectivity index (χ2n) is 5.71. The zero-order valence-corrected chi connectivity index (χ0v) is 12.6. The van der Waals surface area contributed by atoms with Gasteiger partial charge in [-0.1, -0.05) is 13.8 Å². The Morgan fingerprint density at radius 1 is 1.32 bits per heavy atom. The van der Waals surface area contributed by atoms with E-state index in [1.807, 2.05) is 7.05 Å². The second-order valence-corrected chi connectivity index (χ2v) is 5.71. The van der Waals surface area contributed by atoms with Crippen molar-refractivity contribution in [2.75, 3.05) is 23.8 Å². The molecule has 1 N–H and O–H groups in total. The van der Waals surface area contributed by atoms with Gasteiger partial charge in [-0.3, -0.25) is 0 Å².